The first-order valence-electron chi connectivity index (χ1n) is 10.2. The molecule has 1 saturated carbocycles. The lowest BCUT2D eigenvalue weighted by atomic mass is 9.93. The Labute approximate surface area is 157 Å². The number of aryl methyl sites for hydroxylation is 1. The van der Waals surface area contributed by atoms with Gasteiger partial charge in [0, 0.05) is 42.6 Å². The molecule has 2 heterocycles. The van der Waals surface area contributed by atoms with Gasteiger partial charge in [-0.25, -0.2) is 9.97 Å². The molecule has 2 aliphatic rings. The lowest BCUT2D eigenvalue weighted by Gasteiger charge is -2.36. The average Bonchev–Trinajstić information content (AvgIpc) is 2.69. The molecule has 2 aromatic rings. The van der Waals surface area contributed by atoms with Crippen molar-refractivity contribution in [2.24, 2.45) is 0 Å². The highest BCUT2D eigenvalue weighted by Gasteiger charge is 2.23. The minimum absolute atomic E-state index is 0.696. The Morgan fingerprint density at radius 1 is 0.962 bits per heavy atom. The molecule has 2 fully saturated rings. The number of anilines is 1. The Bertz CT molecular complexity index is 716. The fraction of sp³-hybridized carbons (Fsp3) is 0.545. The van der Waals surface area contributed by atoms with E-state index < -0.39 is 0 Å². The van der Waals surface area contributed by atoms with Gasteiger partial charge in [-0.2, -0.15) is 0 Å². The topological polar surface area (TPSA) is 41.1 Å². The number of nitrogens with one attached hydrogen (secondary N) is 1. The van der Waals surface area contributed by atoms with Gasteiger partial charge in [0.25, 0.3) is 0 Å². The highest BCUT2D eigenvalue weighted by molar-refractivity contribution is 5.65. The second-order valence-electron chi connectivity index (χ2n) is 7.80. The summed E-state index contributed by atoms with van der Waals surface area (Å²) >= 11 is 0. The van der Waals surface area contributed by atoms with Crippen LogP contribution in [0.1, 0.15) is 50.8 Å². The monoisotopic (exact) mass is 350 g/mol. The van der Waals surface area contributed by atoms with Crippen molar-refractivity contribution < 1.29 is 0 Å². The van der Waals surface area contributed by atoms with Crippen molar-refractivity contribution in [2.75, 3.05) is 18.0 Å². The standard InChI is InChI=1S/C22H30N4/c1-17-23-13-10-22(24-17)18-6-5-9-21(16-18)26-14-11-20(12-15-26)25-19-7-3-2-4-8-19/h5-6,9-10,13,16,19-20,25H,2-4,7-8,11-12,14-15H2,1H3. The van der Waals surface area contributed by atoms with Crippen LogP contribution in [-0.2, 0) is 0 Å². The summed E-state index contributed by atoms with van der Waals surface area (Å²) in [4.78, 5) is 11.3. The van der Waals surface area contributed by atoms with Crippen molar-refractivity contribution in [1.82, 2.24) is 15.3 Å². The first-order chi connectivity index (χ1) is 12.8. The van der Waals surface area contributed by atoms with Crippen LogP contribution in [0.4, 0.5) is 5.69 Å². The number of aromatic nitrogens is 2. The normalized spacial score (nSPS) is 19.7. The molecule has 1 aliphatic heterocycles. The number of hydrogen-bond donors (Lipinski definition) is 1. The molecule has 4 heteroatoms. The van der Waals surface area contributed by atoms with E-state index in [4.69, 9.17) is 0 Å². The van der Waals surface area contributed by atoms with Crippen LogP contribution in [0.25, 0.3) is 11.3 Å². The third kappa shape index (κ3) is 4.24. The molecule has 0 bridgehead atoms. The fourth-order valence-electron chi connectivity index (χ4n) is 4.39. The summed E-state index contributed by atoms with van der Waals surface area (Å²) in [6.07, 6.45) is 11.3. The zero-order valence-corrected chi connectivity index (χ0v) is 15.8. The molecule has 0 atom stereocenters. The van der Waals surface area contributed by atoms with Crippen LogP contribution >= 0.6 is 0 Å². The maximum absolute atomic E-state index is 4.57. The van der Waals surface area contributed by atoms with Crippen molar-refractivity contribution in [3.05, 3.63) is 42.4 Å². The van der Waals surface area contributed by atoms with Gasteiger partial charge >= 0.3 is 0 Å². The third-order valence-corrected chi connectivity index (χ3v) is 5.85. The van der Waals surface area contributed by atoms with Gasteiger partial charge in [0.15, 0.2) is 0 Å². The maximum Gasteiger partial charge on any atom is 0.125 e. The Kier molecular flexibility index (Phi) is 5.49. The molecule has 0 amide bonds. The van der Waals surface area contributed by atoms with Crippen LogP contribution in [-0.4, -0.2) is 35.1 Å². The Hall–Kier alpha value is -1.94. The Morgan fingerprint density at radius 3 is 2.50 bits per heavy atom. The third-order valence-electron chi connectivity index (χ3n) is 5.85. The largest absolute Gasteiger partial charge is 0.371 e. The van der Waals surface area contributed by atoms with Crippen molar-refractivity contribution in [2.45, 2.75) is 64.0 Å². The van der Waals surface area contributed by atoms with E-state index in [9.17, 15) is 0 Å². The van der Waals surface area contributed by atoms with E-state index in [2.05, 4.69) is 44.5 Å². The van der Waals surface area contributed by atoms with Crippen molar-refractivity contribution >= 4 is 5.69 Å². The predicted molar refractivity (Wildman–Crippen MR) is 107 cm³/mol. The van der Waals surface area contributed by atoms with Gasteiger partial charge in [0.1, 0.15) is 5.82 Å². The zero-order chi connectivity index (χ0) is 17.8. The Balaban J connectivity index is 1.37. The zero-order valence-electron chi connectivity index (χ0n) is 15.8. The number of rotatable bonds is 4. The predicted octanol–water partition coefficient (Wildman–Crippen LogP) is 4.34. The Morgan fingerprint density at radius 2 is 1.73 bits per heavy atom. The van der Waals surface area contributed by atoms with Crippen molar-refractivity contribution in [3.8, 4) is 11.3 Å². The first kappa shape index (κ1) is 17.5. The highest BCUT2D eigenvalue weighted by Crippen LogP contribution is 2.26. The van der Waals surface area contributed by atoms with E-state index in [1.54, 1.807) is 0 Å². The van der Waals surface area contributed by atoms with Gasteiger partial charge in [-0.05, 0) is 50.8 Å². The van der Waals surface area contributed by atoms with Crippen LogP contribution < -0.4 is 10.2 Å². The molecule has 138 valence electrons. The minimum Gasteiger partial charge on any atom is -0.371 e. The molecule has 4 nitrogen and oxygen atoms in total. The maximum atomic E-state index is 4.57. The number of piperidine rings is 1. The molecule has 0 unspecified atom stereocenters. The smallest absolute Gasteiger partial charge is 0.125 e. The summed E-state index contributed by atoms with van der Waals surface area (Å²) in [5.74, 6) is 0.822. The molecule has 1 aliphatic carbocycles. The van der Waals surface area contributed by atoms with Crippen LogP contribution in [0.5, 0.6) is 0 Å². The summed E-state index contributed by atoms with van der Waals surface area (Å²) < 4.78 is 0. The van der Waals surface area contributed by atoms with Gasteiger partial charge in [-0.1, -0.05) is 31.4 Å². The lowest BCUT2D eigenvalue weighted by Crippen LogP contribution is -2.46. The van der Waals surface area contributed by atoms with Gasteiger partial charge < -0.3 is 10.2 Å². The summed E-state index contributed by atoms with van der Waals surface area (Å²) in [6.45, 7) is 4.21. The van der Waals surface area contributed by atoms with Crippen LogP contribution in [0.15, 0.2) is 36.5 Å². The van der Waals surface area contributed by atoms with Gasteiger partial charge in [0.2, 0.25) is 0 Å². The molecule has 4 rings (SSSR count). The summed E-state index contributed by atoms with van der Waals surface area (Å²) in [6, 6.07) is 12.2. The van der Waals surface area contributed by atoms with E-state index in [0.29, 0.717) is 6.04 Å². The molecule has 1 aromatic carbocycles. The fourth-order valence-corrected chi connectivity index (χ4v) is 4.39. The van der Waals surface area contributed by atoms with Crippen LogP contribution in [0.3, 0.4) is 0 Å². The summed E-state index contributed by atoms with van der Waals surface area (Å²) in [5, 5.41) is 3.93. The highest BCUT2D eigenvalue weighted by atomic mass is 15.1. The molecule has 0 spiro atoms. The van der Waals surface area contributed by atoms with E-state index in [0.717, 1.165) is 30.6 Å². The van der Waals surface area contributed by atoms with Gasteiger partial charge in [0.05, 0.1) is 5.69 Å². The number of nitrogens with zero attached hydrogens (tertiary/aromatic N) is 3. The SMILES string of the molecule is Cc1nccc(-c2cccc(N3CCC(NC4CCCCC4)CC3)c2)n1. The number of hydrogen-bond acceptors (Lipinski definition) is 4. The minimum atomic E-state index is 0.696. The molecular weight excluding hydrogens is 320 g/mol. The lowest BCUT2D eigenvalue weighted by molar-refractivity contribution is 0.307. The molecule has 0 radical (unpaired) electrons. The van der Waals surface area contributed by atoms with Gasteiger partial charge in [-0.15, -0.1) is 0 Å². The average molecular weight is 351 g/mol. The quantitative estimate of drug-likeness (QED) is 0.890. The molecule has 1 aromatic heterocycles. The van der Waals surface area contributed by atoms with Crippen LogP contribution in [0, 0.1) is 6.92 Å². The first-order valence-corrected chi connectivity index (χ1v) is 10.2. The summed E-state index contributed by atoms with van der Waals surface area (Å²) in [7, 11) is 0. The van der Waals surface area contributed by atoms with E-state index >= 15 is 0 Å². The summed E-state index contributed by atoms with van der Waals surface area (Å²) in [5.41, 5.74) is 3.50. The van der Waals surface area contributed by atoms with Gasteiger partial charge in [-0.3, -0.25) is 0 Å². The number of benzene rings is 1. The van der Waals surface area contributed by atoms with E-state index in [-0.39, 0.29) is 0 Å². The van der Waals surface area contributed by atoms with E-state index in [1.807, 2.05) is 19.2 Å². The van der Waals surface area contributed by atoms with Crippen molar-refractivity contribution in [1.29, 1.82) is 0 Å². The molecule has 1 N–H and O–H groups in total. The second kappa shape index (κ2) is 8.17. The molecule has 26 heavy (non-hydrogen) atoms. The van der Waals surface area contributed by atoms with Crippen LogP contribution in [0.2, 0.25) is 0 Å². The van der Waals surface area contributed by atoms with Crippen molar-refractivity contribution in [3.63, 3.8) is 0 Å². The van der Waals surface area contributed by atoms with E-state index in [1.165, 1.54) is 56.2 Å². The molecular formula is C22H30N4. The second-order valence-corrected chi connectivity index (χ2v) is 7.80. The molecule has 1 saturated heterocycles.